The highest BCUT2D eigenvalue weighted by Crippen LogP contribution is 2.30. The van der Waals surface area contributed by atoms with E-state index in [1.165, 1.54) is 24.3 Å². The third-order valence-corrected chi connectivity index (χ3v) is 4.42. The van der Waals surface area contributed by atoms with Crippen molar-refractivity contribution in [1.29, 1.82) is 0 Å². The first-order valence-corrected chi connectivity index (χ1v) is 8.16. The van der Waals surface area contributed by atoms with Crippen molar-refractivity contribution in [1.82, 2.24) is 0 Å². The minimum absolute atomic E-state index is 0.0896. The molecule has 0 bridgehead atoms. The van der Waals surface area contributed by atoms with Gasteiger partial charge in [-0.3, -0.25) is 0 Å². The number of allylic oxidation sites excluding steroid dienone is 1. The molecule has 0 amide bonds. The SMILES string of the molecule is C=C[C@H](Cc1ccc(C(F)(F)F)cc1)[C@H]([CH]C)Cc1ccc(F)cc1. The van der Waals surface area contributed by atoms with Gasteiger partial charge in [0.1, 0.15) is 5.82 Å². The first kappa shape index (κ1) is 19.2. The molecule has 0 N–H and O–H groups in total. The van der Waals surface area contributed by atoms with Gasteiger partial charge in [0, 0.05) is 0 Å². The number of benzene rings is 2. The Bertz CT molecular complexity index is 669. The van der Waals surface area contributed by atoms with Gasteiger partial charge < -0.3 is 0 Å². The molecule has 0 nitrogen and oxygen atoms in total. The van der Waals surface area contributed by atoms with Crippen LogP contribution >= 0.6 is 0 Å². The van der Waals surface area contributed by atoms with Crippen LogP contribution in [-0.2, 0) is 19.0 Å². The van der Waals surface area contributed by atoms with Crippen molar-refractivity contribution in [3.63, 3.8) is 0 Å². The lowest BCUT2D eigenvalue weighted by atomic mass is 9.81. The zero-order chi connectivity index (χ0) is 18.4. The van der Waals surface area contributed by atoms with Crippen LogP contribution < -0.4 is 0 Å². The third kappa shape index (κ3) is 5.45. The molecule has 0 saturated carbocycles. The smallest absolute Gasteiger partial charge is 0.207 e. The van der Waals surface area contributed by atoms with E-state index in [0.717, 1.165) is 29.7 Å². The highest BCUT2D eigenvalue weighted by atomic mass is 19.4. The molecule has 1 radical (unpaired) electrons. The molecule has 4 heteroatoms. The average molecular weight is 349 g/mol. The second-order valence-corrected chi connectivity index (χ2v) is 6.13. The summed E-state index contributed by atoms with van der Waals surface area (Å²) in [6.07, 6.45) is 0.927. The molecule has 0 aliphatic rings. The predicted octanol–water partition coefficient (Wildman–Crippen LogP) is 6.27. The molecule has 133 valence electrons. The Morgan fingerprint density at radius 3 is 1.80 bits per heavy atom. The molecule has 0 aliphatic heterocycles. The number of rotatable bonds is 7. The maximum Gasteiger partial charge on any atom is 0.416 e. The molecular weight excluding hydrogens is 328 g/mol. The van der Waals surface area contributed by atoms with E-state index in [2.05, 4.69) is 13.0 Å². The topological polar surface area (TPSA) is 0 Å². The zero-order valence-corrected chi connectivity index (χ0v) is 14.1. The molecule has 0 saturated heterocycles. The number of hydrogen-bond acceptors (Lipinski definition) is 0. The maximum atomic E-state index is 13.0. The van der Waals surface area contributed by atoms with E-state index in [4.69, 9.17) is 0 Å². The first-order chi connectivity index (χ1) is 11.8. The molecule has 0 spiro atoms. The van der Waals surface area contributed by atoms with E-state index in [-0.39, 0.29) is 17.7 Å². The minimum Gasteiger partial charge on any atom is -0.207 e. The van der Waals surface area contributed by atoms with Gasteiger partial charge in [-0.1, -0.05) is 37.3 Å². The lowest BCUT2D eigenvalue weighted by molar-refractivity contribution is -0.137. The molecule has 2 aromatic rings. The van der Waals surface area contributed by atoms with Crippen LogP contribution in [0, 0.1) is 24.1 Å². The molecule has 0 fully saturated rings. The van der Waals surface area contributed by atoms with E-state index in [1.54, 1.807) is 12.1 Å². The summed E-state index contributed by atoms with van der Waals surface area (Å²) in [6.45, 7) is 5.83. The van der Waals surface area contributed by atoms with Crippen LogP contribution in [0.15, 0.2) is 61.2 Å². The number of alkyl halides is 3. The highest BCUT2D eigenvalue weighted by molar-refractivity contribution is 5.26. The van der Waals surface area contributed by atoms with Gasteiger partial charge in [0.05, 0.1) is 5.56 Å². The fraction of sp³-hybridized carbons (Fsp3) is 0.286. The Kier molecular flexibility index (Phi) is 6.40. The summed E-state index contributed by atoms with van der Waals surface area (Å²) in [6, 6.07) is 11.6. The van der Waals surface area contributed by atoms with Gasteiger partial charge in [0.15, 0.2) is 0 Å². The molecule has 0 aliphatic carbocycles. The van der Waals surface area contributed by atoms with Crippen LogP contribution in [0.3, 0.4) is 0 Å². The van der Waals surface area contributed by atoms with E-state index in [1.807, 2.05) is 13.0 Å². The zero-order valence-electron chi connectivity index (χ0n) is 14.1. The molecule has 0 heterocycles. The predicted molar refractivity (Wildman–Crippen MR) is 92.4 cm³/mol. The standard InChI is InChI=1S/C21H21F4/c1-3-17(13-15-5-9-19(10-6-15)21(23,24)25)18(4-2)14-16-7-11-20(22)12-8-16/h3-12,17-18H,1,13-14H2,2H3/t17-,18-/m1/s1. The Balaban J connectivity index is 2.08. The molecule has 2 rings (SSSR count). The van der Waals surface area contributed by atoms with Crippen LogP contribution in [0.1, 0.15) is 23.6 Å². The fourth-order valence-electron chi connectivity index (χ4n) is 2.92. The van der Waals surface area contributed by atoms with Crippen molar-refractivity contribution in [2.45, 2.75) is 25.9 Å². The summed E-state index contributed by atoms with van der Waals surface area (Å²) in [5.74, 6) is -0.0113. The van der Waals surface area contributed by atoms with E-state index in [9.17, 15) is 17.6 Å². The summed E-state index contributed by atoms with van der Waals surface area (Å²) < 4.78 is 51.0. The van der Waals surface area contributed by atoms with Crippen molar-refractivity contribution >= 4 is 0 Å². The minimum atomic E-state index is -4.32. The van der Waals surface area contributed by atoms with E-state index >= 15 is 0 Å². The highest BCUT2D eigenvalue weighted by Gasteiger charge is 2.30. The maximum absolute atomic E-state index is 13.0. The summed E-state index contributed by atoms with van der Waals surface area (Å²) in [4.78, 5) is 0. The summed E-state index contributed by atoms with van der Waals surface area (Å²) in [5.41, 5.74) is 1.21. The van der Waals surface area contributed by atoms with E-state index < -0.39 is 11.7 Å². The van der Waals surface area contributed by atoms with Crippen molar-refractivity contribution in [2.75, 3.05) is 0 Å². The Morgan fingerprint density at radius 1 is 0.880 bits per heavy atom. The first-order valence-electron chi connectivity index (χ1n) is 8.16. The molecule has 2 aromatic carbocycles. The van der Waals surface area contributed by atoms with Gasteiger partial charge in [0.25, 0.3) is 0 Å². The van der Waals surface area contributed by atoms with Crippen LogP contribution in [0.25, 0.3) is 0 Å². The second kappa shape index (κ2) is 8.32. The third-order valence-electron chi connectivity index (χ3n) is 4.42. The molecule has 0 aromatic heterocycles. The Hall–Kier alpha value is -2.10. The van der Waals surface area contributed by atoms with Gasteiger partial charge >= 0.3 is 6.18 Å². The molecule has 2 atom stereocenters. The summed E-state index contributed by atoms with van der Waals surface area (Å²) >= 11 is 0. The van der Waals surface area contributed by atoms with Gasteiger partial charge in [0.2, 0.25) is 0 Å². The van der Waals surface area contributed by atoms with Crippen molar-refractivity contribution in [3.05, 3.63) is 90.1 Å². The molecular formula is C21H21F4. The quantitative estimate of drug-likeness (QED) is 0.408. The molecule has 25 heavy (non-hydrogen) atoms. The van der Waals surface area contributed by atoms with Gasteiger partial charge in [-0.25, -0.2) is 4.39 Å². The van der Waals surface area contributed by atoms with Crippen LogP contribution in [0.2, 0.25) is 0 Å². The van der Waals surface area contributed by atoms with E-state index in [0.29, 0.717) is 6.42 Å². The lowest BCUT2D eigenvalue weighted by Crippen LogP contribution is -2.18. The van der Waals surface area contributed by atoms with Crippen LogP contribution in [-0.4, -0.2) is 0 Å². The van der Waals surface area contributed by atoms with Gasteiger partial charge in [-0.05, 0) is 66.5 Å². The van der Waals surface area contributed by atoms with Crippen molar-refractivity contribution in [2.24, 2.45) is 11.8 Å². The largest absolute Gasteiger partial charge is 0.416 e. The lowest BCUT2D eigenvalue weighted by Gasteiger charge is -2.24. The molecule has 0 unspecified atom stereocenters. The summed E-state index contributed by atoms with van der Waals surface area (Å²) in [7, 11) is 0. The van der Waals surface area contributed by atoms with Crippen LogP contribution in [0.5, 0.6) is 0 Å². The second-order valence-electron chi connectivity index (χ2n) is 6.13. The van der Waals surface area contributed by atoms with Gasteiger partial charge in [-0.15, -0.1) is 6.58 Å². The van der Waals surface area contributed by atoms with Crippen LogP contribution in [0.4, 0.5) is 17.6 Å². The monoisotopic (exact) mass is 349 g/mol. The fourth-order valence-corrected chi connectivity index (χ4v) is 2.92. The Labute approximate surface area is 146 Å². The Morgan fingerprint density at radius 2 is 1.36 bits per heavy atom. The number of halogens is 4. The van der Waals surface area contributed by atoms with Crippen molar-refractivity contribution in [3.8, 4) is 0 Å². The average Bonchev–Trinajstić information content (AvgIpc) is 2.59. The van der Waals surface area contributed by atoms with Crippen molar-refractivity contribution < 1.29 is 17.6 Å². The number of hydrogen-bond donors (Lipinski definition) is 0. The summed E-state index contributed by atoms with van der Waals surface area (Å²) in [5, 5.41) is 0. The normalized spacial score (nSPS) is 14.1. The van der Waals surface area contributed by atoms with Gasteiger partial charge in [-0.2, -0.15) is 13.2 Å².